The Labute approximate surface area is 235 Å². The Balaban J connectivity index is 1.78. The predicted molar refractivity (Wildman–Crippen MR) is 158 cm³/mol. The van der Waals surface area contributed by atoms with Crippen LogP contribution in [0.3, 0.4) is 0 Å². The molecule has 0 spiro atoms. The molecule has 3 aromatic carbocycles. The number of nitrogens with zero attached hydrogens (tertiary/aromatic N) is 3. The standard InChI is InChI=1S/C31H31BrFN3O3/c1-5-10-22-15-21(16-28(38-7-3)29(22)39-19-23-11-8-9-12-26(23)33)18-34-36-30(20(4)6-2)35-27-14-13-24(32)17-25(27)31(36)37/h5,8-9,11-18,20H,1,6-7,10,19H2,2-4H3/t20-/m1/s1. The average molecular weight is 593 g/mol. The Hall–Kier alpha value is -3.78. The molecule has 0 aliphatic carbocycles. The van der Waals surface area contributed by atoms with Crippen LogP contribution in [0.15, 0.2) is 81.6 Å². The van der Waals surface area contributed by atoms with Crippen LogP contribution in [-0.4, -0.2) is 22.5 Å². The van der Waals surface area contributed by atoms with E-state index in [4.69, 9.17) is 14.5 Å². The highest BCUT2D eigenvalue weighted by Gasteiger charge is 2.17. The summed E-state index contributed by atoms with van der Waals surface area (Å²) in [6, 6.07) is 15.7. The van der Waals surface area contributed by atoms with E-state index in [2.05, 4.69) is 27.6 Å². The second-order valence-electron chi connectivity index (χ2n) is 9.12. The number of halogens is 2. The maximum absolute atomic E-state index is 14.2. The van der Waals surface area contributed by atoms with Crippen LogP contribution < -0.4 is 15.0 Å². The molecule has 0 saturated carbocycles. The lowest BCUT2D eigenvalue weighted by atomic mass is 10.1. The predicted octanol–water partition coefficient (Wildman–Crippen LogP) is 7.40. The first-order chi connectivity index (χ1) is 18.9. The number of aromatic nitrogens is 2. The number of hydrogen-bond acceptors (Lipinski definition) is 5. The molecule has 0 saturated heterocycles. The van der Waals surface area contributed by atoms with Crippen LogP contribution in [0.5, 0.6) is 11.5 Å². The van der Waals surface area contributed by atoms with Gasteiger partial charge < -0.3 is 9.47 Å². The molecule has 1 atom stereocenters. The van der Waals surface area contributed by atoms with Gasteiger partial charge in [0.15, 0.2) is 11.5 Å². The summed E-state index contributed by atoms with van der Waals surface area (Å²) >= 11 is 3.44. The molecule has 0 aliphatic heterocycles. The maximum Gasteiger partial charge on any atom is 0.282 e. The Morgan fingerprint density at radius 2 is 1.92 bits per heavy atom. The van der Waals surface area contributed by atoms with Crippen molar-refractivity contribution >= 4 is 33.0 Å². The van der Waals surface area contributed by atoms with E-state index in [1.807, 2.05) is 39.0 Å². The summed E-state index contributed by atoms with van der Waals surface area (Å²) in [5, 5.41) is 5.07. The zero-order valence-electron chi connectivity index (χ0n) is 22.3. The molecule has 0 N–H and O–H groups in total. The first-order valence-electron chi connectivity index (χ1n) is 12.9. The van der Waals surface area contributed by atoms with Gasteiger partial charge in [-0.25, -0.2) is 9.37 Å². The van der Waals surface area contributed by atoms with Gasteiger partial charge in [-0.15, -0.1) is 6.58 Å². The molecule has 4 aromatic rings. The molecule has 0 fully saturated rings. The molecule has 0 aliphatic rings. The van der Waals surface area contributed by atoms with Gasteiger partial charge >= 0.3 is 0 Å². The van der Waals surface area contributed by atoms with Crippen molar-refractivity contribution in [3.05, 3.63) is 110 Å². The van der Waals surface area contributed by atoms with Gasteiger partial charge in [-0.3, -0.25) is 4.79 Å². The second kappa shape index (κ2) is 12.8. The number of benzene rings is 3. The quantitative estimate of drug-likeness (QED) is 0.135. The average Bonchev–Trinajstić information content (AvgIpc) is 2.93. The van der Waals surface area contributed by atoms with Crippen molar-refractivity contribution < 1.29 is 13.9 Å². The Morgan fingerprint density at radius 1 is 1.13 bits per heavy atom. The van der Waals surface area contributed by atoms with Gasteiger partial charge in [-0.05, 0) is 61.7 Å². The van der Waals surface area contributed by atoms with Crippen LogP contribution in [0.1, 0.15) is 55.6 Å². The van der Waals surface area contributed by atoms with E-state index in [1.165, 1.54) is 10.7 Å². The van der Waals surface area contributed by atoms with Crippen molar-refractivity contribution in [3.8, 4) is 11.5 Å². The molecule has 8 heteroatoms. The highest BCUT2D eigenvalue weighted by molar-refractivity contribution is 9.10. The first-order valence-corrected chi connectivity index (χ1v) is 13.7. The van der Waals surface area contributed by atoms with Gasteiger partial charge in [0.2, 0.25) is 0 Å². The van der Waals surface area contributed by atoms with Gasteiger partial charge in [0.25, 0.3) is 5.56 Å². The van der Waals surface area contributed by atoms with Crippen molar-refractivity contribution in [1.29, 1.82) is 0 Å². The molecule has 202 valence electrons. The van der Waals surface area contributed by atoms with E-state index < -0.39 is 0 Å². The Kier molecular flexibility index (Phi) is 9.30. The first kappa shape index (κ1) is 28.2. The summed E-state index contributed by atoms with van der Waals surface area (Å²) in [6.45, 7) is 10.3. The van der Waals surface area contributed by atoms with E-state index in [-0.39, 0.29) is 23.9 Å². The van der Waals surface area contributed by atoms with E-state index in [0.29, 0.717) is 52.4 Å². The van der Waals surface area contributed by atoms with E-state index in [1.54, 1.807) is 42.6 Å². The number of hydrogen-bond donors (Lipinski definition) is 0. The topological polar surface area (TPSA) is 65.7 Å². The van der Waals surface area contributed by atoms with Crippen molar-refractivity contribution in [3.63, 3.8) is 0 Å². The minimum absolute atomic E-state index is 0.0207. The third-order valence-electron chi connectivity index (χ3n) is 6.36. The fraction of sp³-hybridized carbons (Fsp3) is 0.258. The second-order valence-corrected chi connectivity index (χ2v) is 10.0. The van der Waals surface area contributed by atoms with E-state index in [0.717, 1.165) is 16.5 Å². The van der Waals surface area contributed by atoms with Crippen LogP contribution >= 0.6 is 15.9 Å². The van der Waals surface area contributed by atoms with Gasteiger partial charge in [-0.1, -0.05) is 54.1 Å². The number of allylic oxidation sites excluding steroid dienone is 1. The van der Waals surface area contributed by atoms with Gasteiger partial charge in [-0.2, -0.15) is 9.78 Å². The molecule has 0 unspecified atom stereocenters. The van der Waals surface area contributed by atoms with Crippen LogP contribution in [0.4, 0.5) is 4.39 Å². The normalized spacial score (nSPS) is 12.1. The summed E-state index contributed by atoms with van der Waals surface area (Å²) in [5.74, 6) is 1.31. The fourth-order valence-electron chi connectivity index (χ4n) is 4.16. The van der Waals surface area contributed by atoms with Crippen molar-refractivity contribution in [2.45, 2.75) is 46.1 Å². The van der Waals surface area contributed by atoms with E-state index >= 15 is 0 Å². The zero-order valence-corrected chi connectivity index (χ0v) is 23.9. The Morgan fingerprint density at radius 3 is 2.64 bits per heavy atom. The van der Waals surface area contributed by atoms with E-state index in [9.17, 15) is 9.18 Å². The fourth-order valence-corrected chi connectivity index (χ4v) is 4.52. The lowest BCUT2D eigenvalue weighted by Gasteiger charge is -2.17. The van der Waals surface area contributed by atoms with Crippen LogP contribution in [0, 0.1) is 5.82 Å². The molecular formula is C31H31BrFN3O3. The summed E-state index contributed by atoms with van der Waals surface area (Å²) in [7, 11) is 0. The van der Waals surface area contributed by atoms with Crippen molar-refractivity contribution in [1.82, 2.24) is 9.66 Å². The van der Waals surface area contributed by atoms with Crippen molar-refractivity contribution in [2.75, 3.05) is 6.61 Å². The molecule has 0 bridgehead atoms. The minimum atomic E-state index is -0.330. The SMILES string of the molecule is C=CCc1cc(C=Nn2c([C@H](C)CC)nc3ccc(Br)cc3c2=O)cc(OCC)c1OCc1ccccc1F. The minimum Gasteiger partial charge on any atom is -0.490 e. The van der Waals surface area contributed by atoms with Gasteiger partial charge in [0.1, 0.15) is 18.2 Å². The maximum atomic E-state index is 14.2. The molecule has 0 amide bonds. The molecule has 0 radical (unpaired) electrons. The lowest BCUT2D eigenvalue weighted by Crippen LogP contribution is -2.23. The summed E-state index contributed by atoms with van der Waals surface area (Å²) in [4.78, 5) is 18.3. The number of rotatable bonds is 11. The number of ether oxygens (including phenoxy) is 2. The lowest BCUT2D eigenvalue weighted by molar-refractivity contribution is 0.263. The molecule has 1 aromatic heterocycles. The zero-order chi connectivity index (χ0) is 27.9. The highest BCUT2D eigenvalue weighted by Crippen LogP contribution is 2.34. The summed E-state index contributed by atoms with van der Waals surface area (Å²) in [5.41, 5.74) is 2.36. The third kappa shape index (κ3) is 6.45. The summed E-state index contributed by atoms with van der Waals surface area (Å²) < 4.78 is 28.4. The molecular weight excluding hydrogens is 561 g/mol. The largest absolute Gasteiger partial charge is 0.490 e. The number of fused-ring (bicyclic) bond motifs is 1. The smallest absolute Gasteiger partial charge is 0.282 e. The summed E-state index contributed by atoms with van der Waals surface area (Å²) in [6.07, 6.45) is 4.68. The molecule has 6 nitrogen and oxygen atoms in total. The highest BCUT2D eigenvalue weighted by atomic mass is 79.9. The van der Waals surface area contributed by atoms with Crippen LogP contribution in [-0.2, 0) is 13.0 Å². The van der Waals surface area contributed by atoms with Crippen molar-refractivity contribution in [2.24, 2.45) is 5.10 Å². The van der Waals surface area contributed by atoms with Gasteiger partial charge in [0, 0.05) is 21.5 Å². The molecule has 4 rings (SSSR count). The Bertz CT molecular complexity index is 1580. The van der Waals surface area contributed by atoms with Crippen LogP contribution in [0.2, 0.25) is 0 Å². The monoisotopic (exact) mass is 591 g/mol. The molecule has 1 heterocycles. The molecule has 39 heavy (non-hydrogen) atoms. The van der Waals surface area contributed by atoms with Gasteiger partial charge in [0.05, 0.1) is 23.7 Å². The third-order valence-corrected chi connectivity index (χ3v) is 6.85. The van der Waals surface area contributed by atoms with Crippen LogP contribution in [0.25, 0.3) is 10.9 Å².